The number of aliphatic hydroxyl groups is 2. The molecule has 0 spiro atoms. The molecule has 0 saturated carbocycles. The number of amides is 2. The normalized spacial score (nSPS) is 38.9. The number of rotatable bonds is 2. The van der Waals surface area contributed by atoms with Crippen LogP contribution in [0.15, 0.2) is 12.3 Å². The summed E-state index contributed by atoms with van der Waals surface area (Å²) in [5, 5.41) is 21.0. The van der Waals surface area contributed by atoms with Crippen molar-refractivity contribution in [2.45, 2.75) is 31.0 Å². The number of hydrogen-bond acceptors (Lipinski definition) is 5. The molecule has 0 radical (unpaired) electrons. The Morgan fingerprint density at radius 3 is 3.00 bits per heavy atom. The quantitative estimate of drug-likeness (QED) is 0.450. The molecule has 0 aliphatic carbocycles. The molecule has 2 aliphatic heterocycles. The molecule has 0 bridgehead atoms. The maximum absolute atomic E-state index is 11.6. The van der Waals surface area contributed by atoms with Crippen LogP contribution in [-0.2, 0) is 4.74 Å². The van der Waals surface area contributed by atoms with Crippen LogP contribution in [0.5, 0.6) is 0 Å². The summed E-state index contributed by atoms with van der Waals surface area (Å²) in [5.74, 6) is 0. The van der Waals surface area contributed by atoms with Crippen molar-refractivity contribution in [1.29, 1.82) is 0 Å². The number of carbonyl (C=O) groups excluding carboxylic acids is 1. The summed E-state index contributed by atoms with van der Waals surface area (Å²) < 4.78 is 5.34. The Bertz CT molecular complexity index is 309. The molecular formula is C9H15N3O4. The van der Waals surface area contributed by atoms with Crippen LogP contribution in [0.1, 0.15) is 6.42 Å². The highest BCUT2D eigenvalue weighted by atomic mass is 16.5. The van der Waals surface area contributed by atoms with Crippen molar-refractivity contribution in [3.8, 4) is 0 Å². The SMILES string of the molecule is NC1C=CN([C@H]2C[C@@H](O)[C@@H](CO)O2)C(=O)N1. The third kappa shape index (κ3) is 2.03. The Balaban J connectivity index is 2.04. The van der Waals surface area contributed by atoms with Gasteiger partial charge < -0.3 is 26.0 Å². The van der Waals surface area contributed by atoms with Gasteiger partial charge in [-0.15, -0.1) is 0 Å². The Morgan fingerprint density at radius 2 is 2.44 bits per heavy atom. The van der Waals surface area contributed by atoms with Gasteiger partial charge in [0.2, 0.25) is 0 Å². The van der Waals surface area contributed by atoms with Gasteiger partial charge in [0.05, 0.1) is 18.9 Å². The third-order valence-corrected chi connectivity index (χ3v) is 2.67. The molecule has 2 heterocycles. The van der Waals surface area contributed by atoms with E-state index in [1.54, 1.807) is 6.08 Å². The second-order valence-corrected chi connectivity index (χ2v) is 3.84. The molecule has 16 heavy (non-hydrogen) atoms. The summed E-state index contributed by atoms with van der Waals surface area (Å²) in [6.07, 6.45) is 0.968. The Morgan fingerprint density at radius 1 is 1.69 bits per heavy atom. The van der Waals surface area contributed by atoms with Gasteiger partial charge in [0.1, 0.15) is 12.3 Å². The summed E-state index contributed by atoms with van der Waals surface area (Å²) in [6, 6.07) is -0.370. The topological polar surface area (TPSA) is 108 Å². The van der Waals surface area contributed by atoms with Crippen LogP contribution in [-0.4, -0.2) is 52.4 Å². The minimum absolute atomic E-state index is 0.268. The van der Waals surface area contributed by atoms with Gasteiger partial charge >= 0.3 is 6.03 Å². The molecule has 0 aromatic carbocycles. The van der Waals surface area contributed by atoms with Gasteiger partial charge in [-0.1, -0.05) is 0 Å². The van der Waals surface area contributed by atoms with Crippen LogP contribution in [0.4, 0.5) is 4.79 Å². The highest BCUT2D eigenvalue weighted by molar-refractivity contribution is 5.77. The fourth-order valence-electron chi connectivity index (χ4n) is 1.80. The lowest BCUT2D eigenvalue weighted by molar-refractivity contribution is -0.0542. The molecule has 1 unspecified atom stereocenters. The van der Waals surface area contributed by atoms with Crippen molar-refractivity contribution in [2.75, 3.05) is 6.61 Å². The highest BCUT2D eigenvalue weighted by Crippen LogP contribution is 2.24. The van der Waals surface area contributed by atoms with Crippen molar-refractivity contribution in [3.05, 3.63) is 12.3 Å². The standard InChI is InChI=1S/C9H15N3O4/c10-7-1-2-12(9(15)11-7)8-3-5(14)6(4-13)16-8/h1-2,5-8,13-14H,3-4,10H2,(H,11,15)/t5-,6-,7?,8-/m1/s1. The number of ether oxygens (including phenoxy) is 1. The lowest BCUT2D eigenvalue weighted by Crippen LogP contribution is -2.52. The first-order chi connectivity index (χ1) is 7.61. The number of carbonyl (C=O) groups is 1. The van der Waals surface area contributed by atoms with E-state index in [-0.39, 0.29) is 19.1 Å². The fourth-order valence-corrected chi connectivity index (χ4v) is 1.80. The first-order valence-electron chi connectivity index (χ1n) is 5.09. The Hall–Kier alpha value is -1.15. The van der Waals surface area contributed by atoms with Crippen LogP contribution < -0.4 is 11.1 Å². The van der Waals surface area contributed by atoms with Crippen molar-refractivity contribution < 1.29 is 19.7 Å². The molecule has 0 aromatic rings. The molecule has 2 aliphatic rings. The number of aliphatic hydroxyl groups excluding tert-OH is 2. The highest BCUT2D eigenvalue weighted by Gasteiger charge is 2.38. The number of hydrogen-bond donors (Lipinski definition) is 4. The molecule has 7 nitrogen and oxygen atoms in total. The smallest absolute Gasteiger partial charge is 0.325 e. The first kappa shape index (κ1) is 11.3. The van der Waals surface area contributed by atoms with Gasteiger partial charge in [-0.2, -0.15) is 0 Å². The number of nitrogens with two attached hydrogens (primary N) is 1. The van der Waals surface area contributed by atoms with E-state index in [0.717, 1.165) is 0 Å². The lowest BCUT2D eigenvalue weighted by atomic mass is 10.2. The van der Waals surface area contributed by atoms with E-state index >= 15 is 0 Å². The number of nitrogens with one attached hydrogen (secondary N) is 1. The summed E-state index contributed by atoms with van der Waals surface area (Å²) in [7, 11) is 0. The third-order valence-electron chi connectivity index (χ3n) is 2.67. The predicted molar refractivity (Wildman–Crippen MR) is 53.9 cm³/mol. The number of urea groups is 1. The summed E-state index contributed by atoms with van der Waals surface area (Å²) in [5.41, 5.74) is 5.49. The van der Waals surface area contributed by atoms with E-state index in [9.17, 15) is 9.90 Å². The van der Waals surface area contributed by atoms with Gasteiger partial charge in [0.25, 0.3) is 0 Å². The number of nitrogens with zero attached hydrogens (tertiary/aromatic N) is 1. The van der Waals surface area contributed by atoms with E-state index in [4.69, 9.17) is 15.6 Å². The first-order valence-corrected chi connectivity index (χ1v) is 5.09. The zero-order valence-corrected chi connectivity index (χ0v) is 8.61. The van der Waals surface area contributed by atoms with Gasteiger partial charge in [0, 0.05) is 12.6 Å². The second-order valence-electron chi connectivity index (χ2n) is 3.84. The molecule has 4 atom stereocenters. The van der Waals surface area contributed by atoms with E-state index < -0.39 is 24.6 Å². The minimum Gasteiger partial charge on any atom is -0.394 e. The summed E-state index contributed by atoms with van der Waals surface area (Å²) >= 11 is 0. The zero-order chi connectivity index (χ0) is 11.7. The molecule has 1 fully saturated rings. The summed E-state index contributed by atoms with van der Waals surface area (Å²) in [6.45, 7) is -0.268. The van der Waals surface area contributed by atoms with Gasteiger partial charge in [0.15, 0.2) is 0 Å². The van der Waals surface area contributed by atoms with Crippen molar-refractivity contribution in [2.24, 2.45) is 5.73 Å². The van der Waals surface area contributed by atoms with Crippen LogP contribution in [0.25, 0.3) is 0 Å². The summed E-state index contributed by atoms with van der Waals surface area (Å²) in [4.78, 5) is 12.9. The van der Waals surface area contributed by atoms with Crippen LogP contribution in [0, 0.1) is 0 Å². The molecule has 5 N–H and O–H groups in total. The largest absolute Gasteiger partial charge is 0.394 e. The van der Waals surface area contributed by atoms with Crippen molar-refractivity contribution in [1.82, 2.24) is 10.2 Å². The fraction of sp³-hybridized carbons (Fsp3) is 0.667. The minimum atomic E-state index is -0.758. The molecule has 2 rings (SSSR count). The van der Waals surface area contributed by atoms with E-state index in [1.165, 1.54) is 11.1 Å². The van der Waals surface area contributed by atoms with Gasteiger partial charge in [-0.3, -0.25) is 4.90 Å². The Labute approximate surface area is 92.5 Å². The molecule has 7 heteroatoms. The molecule has 1 saturated heterocycles. The zero-order valence-electron chi connectivity index (χ0n) is 8.61. The van der Waals surface area contributed by atoms with Crippen LogP contribution in [0.2, 0.25) is 0 Å². The Kier molecular flexibility index (Phi) is 3.10. The maximum atomic E-state index is 11.6. The molecule has 0 aromatic heterocycles. The van der Waals surface area contributed by atoms with E-state index in [2.05, 4.69) is 5.32 Å². The van der Waals surface area contributed by atoms with Gasteiger partial charge in [-0.05, 0) is 6.08 Å². The average molecular weight is 229 g/mol. The van der Waals surface area contributed by atoms with Crippen LogP contribution in [0.3, 0.4) is 0 Å². The van der Waals surface area contributed by atoms with Crippen molar-refractivity contribution >= 4 is 6.03 Å². The average Bonchev–Trinajstić information content (AvgIpc) is 2.59. The van der Waals surface area contributed by atoms with Crippen molar-refractivity contribution in [3.63, 3.8) is 0 Å². The predicted octanol–water partition coefficient (Wildman–Crippen LogP) is -1.72. The lowest BCUT2D eigenvalue weighted by Gasteiger charge is -2.29. The monoisotopic (exact) mass is 229 g/mol. The molecular weight excluding hydrogens is 214 g/mol. The van der Waals surface area contributed by atoms with Gasteiger partial charge in [-0.25, -0.2) is 4.79 Å². The molecule has 2 amide bonds. The van der Waals surface area contributed by atoms with E-state index in [0.29, 0.717) is 0 Å². The van der Waals surface area contributed by atoms with E-state index in [1.807, 2.05) is 0 Å². The maximum Gasteiger partial charge on any atom is 0.325 e. The van der Waals surface area contributed by atoms with Crippen LogP contribution >= 0.6 is 0 Å². The molecule has 90 valence electrons. The second kappa shape index (κ2) is 4.38.